The molecule has 0 fully saturated rings. The van der Waals surface area contributed by atoms with Crippen molar-refractivity contribution in [2.75, 3.05) is 0 Å². The standard InChI is InChI=1S/C10H7NO2/c12-6-8-1-3-9(4-2-8)10-5-11-13-7-10/h1-7H. The zero-order valence-electron chi connectivity index (χ0n) is 6.81. The summed E-state index contributed by atoms with van der Waals surface area (Å²) in [6, 6.07) is 7.23. The summed E-state index contributed by atoms with van der Waals surface area (Å²) in [4.78, 5) is 10.4. The van der Waals surface area contributed by atoms with Gasteiger partial charge >= 0.3 is 0 Å². The maximum atomic E-state index is 10.4. The topological polar surface area (TPSA) is 43.1 Å². The molecule has 2 rings (SSSR count). The third-order valence-electron chi connectivity index (χ3n) is 1.81. The summed E-state index contributed by atoms with van der Waals surface area (Å²) in [5, 5.41) is 3.60. The number of aromatic nitrogens is 1. The predicted octanol–water partition coefficient (Wildman–Crippen LogP) is 2.15. The highest BCUT2D eigenvalue weighted by Gasteiger charge is 1.98. The van der Waals surface area contributed by atoms with Crippen LogP contribution in [-0.2, 0) is 0 Å². The molecule has 3 nitrogen and oxygen atoms in total. The number of aldehydes is 1. The lowest BCUT2D eigenvalue weighted by atomic mass is 10.1. The molecule has 0 aliphatic carbocycles. The van der Waals surface area contributed by atoms with Crippen molar-refractivity contribution in [2.45, 2.75) is 0 Å². The van der Waals surface area contributed by atoms with E-state index in [0.717, 1.165) is 17.4 Å². The lowest BCUT2D eigenvalue weighted by Crippen LogP contribution is -1.78. The van der Waals surface area contributed by atoms with Crippen LogP contribution in [0.15, 0.2) is 41.2 Å². The first-order valence-corrected chi connectivity index (χ1v) is 3.85. The highest BCUT2D eigenvalue weighted by molar-refractivity contribution is 5.76. The average Bonchev–Trinajstić information content (AvgIpc) is 2.71. The minimum Gasteiger partial charge on any atom is -0.364 e. The Balaban J connectivity index is 2.38. The van der Waals surface area contributed by atoms with Gasteiger partial charge in [0.25, 0.3) is 0 Å². The minimum absolute atomic E-state index is 0.667. The third-order valence-corrected chi connectivity index (χ3v) is 1.81. The van der Waals surface area contributed by atoms with E-state index < -0.39 is 0 Å². The molecular formula is C10H7NO2. The number of nitrogens with zero attached hydrogens (tertiary/aromatic N) is 1. The fraction of sp³-hybridized carbons (Fsp3) is 0. The molecule has 0 aliphatic rings. The summed E-state index contributed by atoms with van der Waals surface area (Å²) in [5.74, 6) is 0. The van der Waals surface area contributed by atoms with Crippen molar-refractivity contribution in [2.24, 2.45) is 0 Å². The van der Waals surface area contributed by atoms with Gasteiger partial charge in [-0.25, -0.2) is 0 Å². The molecule has 0 bridgehead atoms. The second-order valence-corrected chi connectivity index (χ2v) is 2.65. The Morgan fingerprint density at radius 2 is 1.92 bits per heavy atom. The van der Waals surface area contributed by atoms with Crippen molar-refractivity contribution in [3.8, 4) is 11.1 Å². The van der Waals surface area contributed by atoms with E-state index in [1.807, 2.05) is 12.1 Å². The number of carbonyl (C=O) groups excluding carboxylic acids is 1. The smallest absolute Gasteiger partial charge is 0.150 e. The predicted molar refractivity (Wildman–Crippen MR) is 47.3 cm³/mol. The maximum absolute atomic E-state index is 10.4. The molecule has 0 aliphatic heterocycles. The fourth-order valence-corrected chi connectivity index (χ4v) is 1.10. The number of rotatable bonds is 2. The zero-order chi connectivity index (χ0) is 9.10. The third kappa shape index (κ3) is 1.49. The molecule has 1 aromatic carbocycles. The van der Waals surface area contributed by atoms with Crippen molar-refractivity contribution >= 4 is 6.29 Å². The first-order valence-electron chi connectivity index (χ1n) is 3.85. The van der Waals surface area contributed by atoms with Crippen LogP contribution in [0, 0.1) is 0 Å². The number of hydrogen-bond donors (Lipinski definition) is 0. The number of hydrogen-bond acceptors (Lipinski definition) is 3. The molecule has 64 valence electrons. The summed E-state index contributed by atoms with van der Waals surface area (Å²) in [6.07, 6.45) is 4.02. The number of carbonyl (C=O) groups is 1. The van der Waals surface area contributed by atoms with E-state index in [4.69, 9.17) is 4.52 Å². The minimum atomic E-state index is 0.667. The van der Waals surface area contributed by atoms with Crippen LogP contribution < -0.4 is 0 Å². The van der Waals surface area contributed by atoms with Crippen molar-refractivity contribution < 1.29 is 9.32 Å². The Kier molecular flexibility index (Phi) is 1.92. The molecule has 1 aromatic heterocycles. The summed E-state index contributed by atoms with van der Waals surface area (Å²) >= 11 is 0. The molecule has 0 unspecified atom stereocenters. The molecule has 3 heteroatoms. The van der Waals surface area contributed by atoms with E-state index in [0.29, 0.717) is 5.56 Å². The molecule has 1 heterocycles. The van der Waals surface area contributed by atoms with Crippen LogP contribution in [-0.4, -0.2) is 11.4 Å². The molecule has 0 spiro atoms. The summed E-state index contributed by atoms with van der Waals surface area (Å²) in [5.41, 5.74) is 2.57. The molecule has 2 aromatic rings. The molecule has 0 saturated heterocycles. The van der Waals surface area contributed by atoms with Gasteiger partial charge in [0.2, 0.25) is 0 Å². The Morgan fingerprint density at radius 3 is 2.46 bits per heavy atom. The lowest BCUT2D eigenvalue weighted by molar-refractivity contribution is 0.112. The molecule has 0 atom stereocenters. The van der Waals surface area contributed by atoms with Crippen molar-refractivity contribution in [3.63, 3.8) is 0 Å². The maximum Gasteiger partial charge on any atom is 0.150 e. The molecule has 0 saturated carbocycles. The monoisotopic (exact) mass is 173 g/mol. The Labute approximate surface area is 75.0 Å². The van der Waals surface area contributed by atoms with Crippen LogP contribution >= 0.6 is 0 Å². The van der Waals surface area contributed by atoms with E-state index in [2.05, 4.69) is 5.16 Å². The molecule has 0 radical (unpaired) electrons. The summed E-state index contributed by atoms with van der Waals surface area (Å²) in [7, 11) is 0. The number of benzene rings is 1. The summed E-state index contributed by atoms with van der Waals surface area (Å²) < 4.78 is 4.71. The van der Waals surface area contributed by atoms with Gasteiger partial charge in [0.1, 0.15) is 12.5 Å². The molecule has 13 heavy (non-hydrogen) atoms. The van der Waals surface area contributed by atoms with Crippen molar-refractivity contribution in [3.05, 3.63) is 42.3 Å². The Bertz CT molecular complexity index is 389. The molecule has 0 N–H and O–H groups in total. The summed E-state index contributed by atoms with van der Waals surface area (Å²) in [6.45, 7) is 0. The highest BCUT2D eigenvalue weighted by Crippen LogP contribution is 2.18. The van der Waals surface area contributed by atoms with E-state index >= 15 is 0 Å². The quantitative estimate of drug-likeness (QED) is 0.653. The van der Waals surface area contributed by atoms with Gasteiger partial charge in [-0.2, -0.15) is 0 Å². The van der Waals surface area contributed by atoms with Crippen molar-refractivity contribution in [1.82, 2.24) is 5.16 Å². The Hall–Kier alpha value is -1.90. The fourth-order valence-electron chi connectivity index (χ4n) is 1.10. The average molecular weight is 173 g/mol. The van der Waals surface area contributed by atoms with E-state index in [-0.39, 0.29) is 0 Å². The van der Waals surface area contributed by atoms with Crippen molar-refractivity contribution in [1.29, 1.82) is 0 Å². The van der Waals surface area contributed by atoms with Gasteiger partial charge in [0, 0.05) is 11.1 Å². The zero-order valence-corrected chi connectivity index (χ0v) is 6.81. The highest BCUT2D eigenvalue weighted by atomic mass is 16.5. The largest absolute Gasteiger partial charge is 0.364 e. The van der Waals surface area contributed by atoms with Gasteiger partial charge in [-0.05, 0) is 5.56 Å². The van der Waals surface area contributed by atoms with Crippen LogP contribution in [0.1, 0.15) is 10.4 Å². The van der Waals surface area contributed by atoms with Gasteiger partial charge < -0.3 is 4.52 Å². The Morgan fingerprint density at radius 1 is 1.15 bits per heavy atom. The van der Waals surface area contributed by atoms with E-state index in [1.165, 1.54) is 0 Å². The van der Waals surface area contributed by atoms with E-state index in [9.17, 15) is 4.79 Å². The van der Waals surface area contributed by atoms with Crippen LogP contribution in [0.5, 0.6) is 0 Å². The molecular weight excluding hydrogens is 166 g/mol. The normalized spacial score (nSPS) is 9.85. The van der Waals surface area contributed by atoms with Crippen LogP contribution in [0.4, 0.5) is 0 Å². The van der Waals surface area contributed by atoms with Gasteiger partial charge in [-0.3, -0.25) is 4.79 Å². The lowest BCUT2D eigenvalue weighted by Gasteiger charge is -1.94. The van der Waals surface area contributed by atoms with E-state index in [1.54, 1.807) is 24.6 Å². The van der Waals surface area contributed by atoms with Gasteiger partial charge in [0.15, 0.2) is 0 Å². The first-order chi connectivity index (χ1) is 6.40. The molecule has 0 amide bonds. The van der Waals surface area contributed by atoms with Gasteiger partial charge in [-0.15, -0.1) is 0 Å². The van der Waals surface area contributed by atoms with Gasteiger partial charge in [0.05, 0.1) is 6.20 Å². The van der Waals surface area contributed by atoms with Crippen LogP contribution in [0.25, 0.3) is 11.1 Å². The second kappa shape index (κ2) is 3.23. The van der Waals surface area contributed by atoms with Crippen LogP contribution in [0.2, 0.25) is 0 Å². The first kappa shape index (κ1) is 7.73. The SMILES string of the molecule is O=Cc1ccc(-c2cnoc2)cc1. The van der Waals surface area contributed by atoms with Crippen LogP contribution in [0.3, 0.4) is 0 Å². The van der Waals surface area contributed by atoms with Gasteiger partial charge in [-0.1, -0.05) is 29.4 Å². The second-order valence-electron chi connectivity index (χ2n) is 2.65.